The summed E-state index contributed by atoms with van der Waals surface area (Å²) in [7, 11) is -17.5. The van der Waals surface area contributed by atoms with Crippen LogP contribution in [0.25, 0.3) is 0 Å². The molecule has 732 valence electrons. The average molecular weight is 1940 g/mol. The molecule has 1 aromatic rings. The summed E-state index contributed by atoms with van der Waals surface area (Å²) in [4.78, 5) is 0. The molecule has 0 bridgehead atoms. The van der Waals surface area contributed by atoms with Crippen molar-refractivity contribution in [2.45, 2.75) is 564 Å². The van der Waals surface area contributed by atoms with E-state index in [9.17, 15) is 17.6 Å². The molecule has 0 aromatic heterocycles. The summed E-state index contributed by atoms with van der Waals surface area (Å²) < 4.78 is 73.2. The van der Waals surface area contributed by atoms with Crippen LogP contribution >= 0.6 is 0 Å². The lowest BCUT2D eigenvalue weighted by molar-refractivity contribution is 0.0178. The molecule has 0 aliphatic rings. The summed E-state index contributed by atoms with van der Waals surface area (Å²) in [6.07, 6.45) is 44.1. The molecule has 0 spiro atoms. The highest BCUT2D eigenvalue weighted by molar-refractivity contribution is 6.94. The molecule has 21 heteroatoms. The average Bonchev–Trinajstić information content (AvgIpc) is 0.858. The van der Waals surface area contributed by atoms with Crippen molar-refractivity contribution in [3.8, 4) is 0 Å². The Balaban J connectivity index is -0.000000203. The summed E-state index contributed by atoms with van der Waals surface area (Å²) in [5.41, 5.74) is 1.68. The zero-order valence-electron chi connectivity index (χ0n) is 91.3. The van der Waals surface area contributed by atoms with Gasteiger partial charge >= 0.3 is 8.56 Å². The number of hydrogen-bond donors (Lipinski definition) is 0. The second-order valence-electron chi connectivity index (χ2n) is 47.9. The highest BCUT2D eigenvalue weighted by Crippen LogP contribution is 2.35. The van der Waals surface area contributed by atoms with Crippen molar-refractivity contribution in [3.63, 3.8) is 0 Å². The van der Waals surface area contributed by atoms with Crippen molar-refractivity contribution in [1.29, 1.82) is 0 Å². The zero-order chi connectivity index (χ0) is 96.6. The lowest BCUT2D eigenvalue weighted by Gasteiger charge is -2.35. The second-order valence-corrected chi connectivity index (χ2v) is 109. The fourth-order valence-electron chi connectivity index (χ4n) is 15.7. The molecule has 1 aromatic carbocycles. The standard InChI is InChI=1S/C25H54Si.C19H42Si.C13H30Si.C10H14Si.C8H24O2Si3.C7H16F2Si.C7H18OSi2.C6H18OSi2.C5H12F2Si/c1-5-8-11-14-17-20-23-26(4,24-21-18-15-12-9-6-2)25-22-19-16-13-10-7-3;1-5-8-11-14-17-20(4,18-15-12-9-6-2)19-16-13-10-7-3;1-11(2)8-14(7,9-12(3)4)10-13(5)6;1-4-11(2,3)10-8-6-5-7-9-10;1-11(2,3)9-13(7,8)10-12(4,5)6;1-7(8,9)5-6-10(2,3)4;1-7-10(5,6)8-9(2,3)4;1-8(2,3)7-9(4,5)6;1-5(6,7)8(2,3)4/h5-25H2,1-4H3;5-19H2,1-4H3;11-13H,8-10H2,1-7H3;4-9H,1H2,2-3H3;1-8H3;5-6H2,1-4H3;7H,1H2,2-6H3;1-6H3;1-4H3. The molecule has 0 radical (unpaired) electrons. The number of hydrogen-bond acceptors (Lipinski definition) is 4. The quantitative estimate of drug-likeness (QED) is 0.0370. The molecule has 1 rings (SSSR count). The van der Waals surface area contributed by atoms with Gasteiger partial charge in [-0.25, -0.2) is 17.6 Å². The Morgan fingerprint density at radius 1 is 0.306 bits per heavy atom. The first-order valence-corrected chi connectivity index (χ1v) is 93.0. The zero-order valence-corrected chi connectivity index (χ0v) is 104. The van der Waals surface area contributed by atoms with E-state index in [4.69, 9.17) is 16.5 Å². The van der Waals surface area contributed by atoms with Gasteiger partial charge in [-0.05, 0) is 156 Å². The monoisotopic (exact) mass is 1930 g/mol. The highest BCUT2D eigenvalue weighted by Gasteiger charge is 2.40. The van der Waals surface area contributed by atoms with Gasteiger partial charge in [0.15, 0.2) is 49.9 Å². The molecular weight excluding hydrogens is 1710 g/mol. The molecule has 121 heavy (non-hydrogen) atoms. The molecule has 0 saturated carbocycles. The van der Waals surface area contributed by atoms with Gasteiger partial charge in [-0.3, -0.25) is 0 Å². The number of halogens is 4. The van der Waals surface area contributed by atoms with E-state index in [0.717, 1.165) is 37.6 Å². The summed E-state index contributed by atoms with van der Waals surface area (Å²) in [5, 5.41) is 1.45. The van der Waals surface area contributed by atoms with Crippen LogP contribution < -0.4 is 5.19 Å². The topological polar surface area (TPSA) is 36.9 Å². The van der Waals surface area contributed by atoms with E-state index in [1.54, 1.807) is 55.9 Å². The molecule has 0 aliphatic carbocycles. The van der Waals surface area contributed by atoms with Gasteiger partial charge in [-0.1, -0.05) is 455 Å². The van der Waals surface area contributed by atoms with Gasteiger partial charge in [0.25, 0.3) is 0 Å². The maximum absolute atomic E-state index is 12.3. The fraction of sp³-hybridized carbons (Fsp3) is 0.900. The Morgan fingerprint density at radius 3 is 0.686 bits per heavy atom. The van der Waals surface area contributed by atoms with Crippen molar-refractivity contribution >= 4 is 112 Å². The lowest BCUT2D eigenvalue weighted by Crippen LogP contribution is -2.50. The number of benzene rings is 1. The van der Waals surface area contributed by atoms with E-state index < -0.39 is 118 Å². The van der Waals surface area contributed by atoms with Crippen molar-refractivity contribution in [1.82, 2.24) is 0 Å². The van der Waals surface area contributed by atoms with Gasteiger partial charge in [0.05, 0.1) is 24.2 Å². The largest absolute Gasteiger partial charge is 0.456 e. The summed E-state index contributed by atoms with van der Waals surface area (Å²) >= 11 is 0. The minimum Gasteiger partial charge on any atom is -0.456 e. The highest BCUT2D eigenvalue weighted by atomic mass is 28.5. The minimum atomic E-state index is -2.46. The lowest BCUT2D eigenvalue weighted by atomic mass is 10.1. The molecule has 0 saturated heterocycles. The van der Waals surface area contributed by atoms with Crippen LogP contribution in [0.4, 0.5) is 17.6 Å². The summed E-state index contributed by atoms with van der Waals surface area (Å²) in [6, 6.07) is 25.6. The molecule has 0 N–H and O–H groups in total. The fourth-order valence-corrected chi connectivity index (χ4v) is 59.1. The van der Waals surface area contributed by atoms with Crippen LogP contribution in [0, 0.1) is 17.8 Å². The molecule has 0 heterocycles. The van der Waals surface area contributed by atoms with Crippen LogP contribution in [0.3, 0.4) is 0 Å². The van der Waals surface area contributed by atoms with Gasteiger partial charge in [-0.2, -0.15) is 0 Å². The van der Waals surface area contributed by atoms with Crippen molar-refractivity contribution in [2.24, 2.45) is 17.8 Å². The van der Waals surface area contributed by atoms with E-state index in [2.05, 4.69) is 309 Å². The Labute approximate surface area is 776 Å². The predicted molar refractivity (Wildman–Crippen MR) is 593 cm³/mol. The Hall–Kier alpha value is 1.08. The third-order valence-electron chi connectivity index (χ3n) is 21.4. The first kappa shape index (κ1) is 138. The Morgan fingerprint density at radius 2 is 0.529 bits per heavy atom. The van der Waals surface area contributed by atoms with Crippen LogP contribution in [0.1, 0.15) is 296 Å². The normalized spacial score (nSPS) is 12.9. The van der Waals surface area contributed by atoms with E-state index in [1.165, 1.54) is 216 Å². The van der Waals surface area contributed by atoms with Gasteiger partial charge in [-0.15, -0.1) is 13.2 Å². The summed E-state index contributed by atoms with van der Waals surface area (Å²) in [6.45, 7) is 104. The molecular formula is C100H228F4O4Si13. The molecule has 0 aliphatic heterocycles. The molecule has 0 amide bonds. The Bertz CT molecular complexity index is 2310. The van der Waals surface area contributed by atoms with Gasteiger partial charge in [0.1, 0.15) is 16.1 Å². The maximum atomic E-state index is 12.3. The van der Waals surface area contributed by atoms with Gasteiger partial charge < -0.3 is 16.5 Å². The van der Waals surface area contributed by atoms with E-state index in [-0.39, 0.29) is 6.42 Å². The minimum absolute atomic E-state index is 0.0583. The van der Waals surface area contributed by atoms with Crippen LogP contribution in [-0.2, 0) is 16.5 Å². The van der Waals surface area contributed by atoms with Gasteiger partial charge in [0, 0.05) is 14.5 Å². The third kappa shape index (κ3) is 112. The van der Waals surface area contributed by atoms with Crippen LogP contribution in [0.15, 0.2) is 54.9 Å². The van der Waals surface area contributed by atoms with Crippen molar-refractivity contribution in [3.05, 3.63) is 54.9 Å². The smallest absolute Gasteiger partial charge is 0.311 e. The SMILES string of the molecule is C=C[Si](C)(C)O[Si](C)(C)C.C=C[Si](C)(C)c1ccccc1.CC(C)C[Si](C)(CC(C)C)CC(C)C.CC(F)(F)CC[Si](C)(C)C.CC(F)(F)[Si](C)(C)C.CCCCCCCC[Si](C)(CCCCCCCC)CCCCCCCC.CCCCCC[Si](C)(CCCCCC)CCCCCC.C[Si](C)(C)O[Si](C)(C)C.C[Si](C)(C)O[Si](C)(C)O[Si](C)(C)C. The van der Waals surface area contributed by atoms with E-state index >= 15 is 0 Å². The molecule has 4 nitrogen and oxygen atoms in total. The van der Waals surface area contributed by atoms with Gasteiger partial charge in [0.2, 0.25) is 11.5 Å². The maximum Gasteiger partial charge on any atom is 0.311 e. The Kier molecular flexibility index (Phi) is 82.5. The number of alkyl halides is 4. The first-order chi connectivity index (χ1) is 54.6. The third-order valence-corrected chi connectivity index (χ3v) is 62.7. The second kappa shape index (κ2) is 72.6. The predicted octanol–water partition coefficient (Wildman–Crippen LogP) is 40.0. The number of unbranched alkanes of at least 4 members (excludes halogenated alkanes) is 24. The molecule has 0 fully saturated rings. The van der Waals surface area contributed by atoms with Crippen LogP contribution in [-0.4, -0.2) is 118 Å². The summed E-state index contributed by atoms with van der Waals surface area (Å²) in [5.74, 6) is 0.220. The molecule has 0 atom stereocenters. The van der Waals surface area contributed by atoms with Crippen molar-refractivity contribution < 1.29 is 34.0 Å². The van der Waals surface area contributed by atoms with E-state index in [1.807, 2.05) is 5.70 Å². The molecule has 0 unspecified atom stereocenters. The first-order valence-electron chi connectivity index (χ1n) is 50.5. The van der Waals surface area contributed by atoms with E-state index in [0.29, 0.717) is 0 Å². The van der Waals surface area contributed by atoms with Crippen molar-refractivity contribution in [2.75, 3.05) is 0 Å². The number of rotatable bonds is 57. The van der Waals surface area contributed by atoms with Crippen LogP contribution in [0.2, 0.25) is 257 Å². The van der Waals surface area contributed by atoms with Crippen LogP contribution in [0.5, 0.6) is 0 Å².